The fourth-order valence-corrected chi connectivity index (χ4v) is 2.50. The van der Waals surface area contributed by atoms with E-state index in [0.29, 0.717) is 5.25 Å². The van der Waals surface area contributed by atoms with E-state index in [4.69, 9.17) is 0 Å². The van der Waals surface area contributed by atoms with E-state index in [-0.39, 0.29) is 5.41 Å². The van der Waals surface area contributed by atoms with Crippen LogP contribution in [-0.4, -0.2) is 5.75 Å². The summed E-state index contributed by atoms with van der Waals surface area (Å²) in [7, 11) is 0. The molecule has 0 bridgehead atoms. The molecule has 0 aliphatic rings. The molecule has 0 spiro atoms. The van der Waals surface area contributed by atoms with Crippen LogP contribution in [0, 0.1) is 5.41 Å². The van der Waals surface area contributed by atoms with Crippen LogP contribution in [0.25, 0.3) is 0 Å². The predicted molar refractivity (Wildman–Crippen MR) is 75.9 cm³/mol. The number of hydrogen-bond donors (Lipinski definition) is 0. The fourth-order valence-electron chi connectivity index (χ4n) is 1.26. The highest BCUT2D eigenvalue weighted by Gasteiger charge is 2.16. The van der Waals surface area contributed by atoms with Crippen LogP contribution in [0.5, 0.6) is 0 Å². The number of rotatable bonds is 4. The maximum Gasteiger partial charge on any atom is 0.0272 e. The van der Waals surface area contributed by atoms with Crippen LogP contribution >= 0.6 is 11.8 Å². The summed E-state index contributed by atoms with van der Waals surface area (Å²) >= 11 is 1.96. The molecule has 1 atom stereocenters. The van der Waals surface area contributed by atoms with Crippen molar-refractivity contribution >= 4 is 11.8 Å². The summed E-state index contributed by atoms with van der Waals surface area (Å²) in [5.41, 5.74) is 2.94. The van der Waals surface area contributed by atoms with Crippen LogP contribution in [-0.2, 0) is 0 Å². The first kappa shape index (κ1) is 13.4. The van der Waals surface area contributed by atoms with Gasteiger partial charge in [-0.15, -0.1) is 11.8 Å². The normalized spacial score (nSPS) is 13.5. The van der Waals surface area contributed by atoms with Gasteiger partial charge in [0, 0.05) is 11.0 Å². The largest absolute Gasteiger partial charge is 0.150 e. The highest BCUT2D eigenvalue weighted by Crippen LogP contribution is 2.33. The maximum atomic E-state index is 4.17. The van der Waals surface area contributed by atoms with Gasteiger partial charge >= 0.3 is 0 Å². The fraction of sp³-hybridized carbons (Fsp3) is 0.467. The van der Waals surface area contributed by atoms with Gasteiger partial charge in [0.2, 0.25) is 0 Å². The minimum atomic E-state index is 0.226. The van der Waals surface area contributed by atoms with Crippen molar-refractivity contribution in [2.24, 2.45) is 5.41 Å². The van der Waals surface area contributed by atoms with Crippen LogP contribution < -0.4 is 0 Å². The minimum absolute atomic E-state index is 0.226. The van der Waals surface area contributed by atoms with Crippen LogP contribution in [0.3, 0.4) is 0 Å². The Morgan fingerprint density at radius 3 is 2.31 bits per heavy atom. The molecule has 0 radical (unpaired) electrons. The lowest BCUT2D eigenvalue weighted by Crippen LogP contribution is -2.10. The van der Waals surface area contributed by atoms with Gasteiger partial charge in [-0.25, -0.2) is 0 Å². The van der Waals surface area contributed by atoms with Gasteiger partial charge in [-0.3, -0.25) is 0 Å². The zero-order chi connectivity index (χ0) is 12.2. The second kappa shape index (κ2) is 5.58. The maximum absolute atomic E-state index is 4.17. The predicted octanol–water partition coefficient (Wildman–Crippen LogP) is 5.08. The van der Waals surface area contributed by atoms with Crippen LogP contribution in [0.2, 0.25) is 0 Å². The molecule has 0 fully saturated rings. The van der Waals surface area contributed by atoms with Crippen molar-refractivity contribution < 1.29 is 0 Å². The van der Waals surface area contributed by atoms with E-state index in [0.717, 1.165) is 5.75 Å². The average Bonchev–Trinajstić information content (AvgIpc) is 2.25. The van der Waals surface area contributed by atoms with E-state index < -0.39 is 0 Å². The Hall–Kier alpha value is -0.690. The van der Waals surface area contributed by atoms with Crippen molar-refractivity contribution in [2.45, 2.75) is 32.9 Å². The lowest BCUT2D eigenvalue weighted by atomic mass is 9.89. The van der Waals surface area contributed by atoms with Crippen molar-refractivity contribution in [2.75, 3.05) is 5.75 Å². The van der Waals surface area contributed by atoms with E-state index in [1.54, 1.807) is 0 Å². The summed E-state index contributed by atoms with van der Waals surface area (Å²) in [6.07, 6.45) is 0. The summed E-state index contributed by atoms with van der Waals surface area (Å²) in [6.45, 7) is 13.1. The van der Waals surface area contributed by atoms with Gasteiger partial charge in [-0.1, -0.05) is 63.3 Å². The molecule has 88 valence electrons. The molecule has 0 aliphatic carbocycles. The molecule has 0 aliphatic heterocycles. The highest BCUT2D eigenvalue weighted by molar-refractivity contribution is 7.99. The molecule has 0 N–H and O–H groups in total. The summed E-state index contributed by atoms with van der Waals surface area (Å²) < 4.78 is 0. The van der Waals surface area contributed by atoms with Gasteiger partial charge in [0.25, 0.3) is 0 Å². The number of benzene rings is 1. The second-order valence-electron chi connectivity index (χ2n) is 5.22. The van der Waals surface area contributed by atoms with E-state index in [2.05, 4.69) is 64.6 Å². The number of thioether (sulfide) groups is 1. The standard InChI is InChI=1S/C15H22S/c1-12(15(3,4)5)11-16-13(2)14-9-7-6-8-10-14/h6-10,13H,1,11H2,2-5H3. The Balaban J connectivity index is 2.48. The van der Waals surface area contributed by atoms with Gasteiger partial charge < -0.3 is 0 Å². The molecule has 0 heterocycles. The lowest BCUT2D eigenvalue weighted by molar-refractivity contribution is 0.508. The SMILES string of the molecule is C=C(CSC(C)c1ccccc1)C(C)(C)C. The third-order valence-corrected chi connectivity index (χ3v) is 4.12. The zero-order valence-corrected chi connectivity index (χ0v) is 11.6. The van der Waals surface area contributed by atoms with Crippen molar-refractivity contribution in [3.8, 4) is 0 Å². The van der Waals surface area contributed by atoms with Crippen molar-refractivity contribution in [1.29, 1.82) is 0 Å². The second-order valence-corrected chi connectivity index (χ2v) is 6.55. The van der Waals surface area contributed by atoms with E-state index in [1.165, 1.54) is 11.1 Å². The average molecular weight is 234 g/mol. The number of hydrogen-bond acceptors (Lipinski definition) is 1. The van der Waals surface area contributed by atoms with E-state index >= 15 is 0 Å². The molecule has 1 heteroatoms. The molecule has 0 aromatic heterocycles. The smallest absolute Gasteiger partial charge is 0.0272 e. The minimum Gasteiger partial charge on any atom is -0.150 e. The van der Waals surface area contributed by atoms with Crippen LogP contribution in [0.15, 0.2) is 42.5 Å². The first-order chi connectivity index (χ1) is 7.41. The Bertz CT molecular complexity index is 332. The molecular weight excluding hydrogens is 212 g/mol. The molecule has 1 rings (SSSR count). The third kappa shape index (κ3) is 4.05. The quantitative estimate of drug-likeness (QED) is 0.654. The Labute approximate surface area is 104 Å². The van der Waals surface area contributed by atoms with E-state index in [1.807, 2.05) is 11.8 Å². The van der Waals surface area contributed by atoms with Crippen LogP contribution in [0.4, 0.5) is 0 Å². The monoisotopic (exact) mass is 234 g/mol. The molecule has 0 saturated heterocycles. The van der Waals surface area contributed by atoms with Gasteiger partial charge in [0.05, 0.1) is 0 Å². The van der Waals surface area contributed by atoms with Crippen molar-refractivity contribution in [1.82, 2.24) is 0 Å². The molecule has 1 aromatic carbocycles. The summed E-state index contributed by atoms with van der Waals surface area (Å²) in [5, 5.41) is 0.542. The first-order valence-corrected chi connectivity index (χ1v) is 6.81. The molecule has 0 saturated carbocycles. The summed E-state index contributed by atoms with van der Waals surface area (Å²) in [5.74, 6) is 1.04. The van der Waals surface area contributed by atoms with Gasteiger partial charge in [-0.05, 0) is 17.9 Å². The molecule has 16 heavy (non-hydrogen) atoms. The molecule has 1 aromatic rings. The first-order valence-electron chi connectivity index (χ1n) is 5.76. The zero-order valence-electron chi connectivity index (χ0n) is 10.8. The third-order valence-electron chi connectivity index (χ3n) is 2.84. The topological polar surface area (TPSA) is 0 Å². The Morgan fingerprint density at radius 1 is 1.25 bits per heavy atom. The van der Waals surface area contributed by atoms with E-state index in [9.17, 15) is 0 Å². The van der Waals surface area contributed by atoms with Crippen LogP contribution in [0.1, 0.15) is 38.5 Å². The summed E-state index contributed by atoms with van der Waals surface area (Å²) in [6, 6.07) is 10.7. The molecular formula is C15H22S. The van der Waals surface area contributed by atoms with Crippen molar-refractivity contribution in [3.63, 3.8) is 0 Å². The van der Waals surface area contributed by atoms with Gasteiger partial charge in [0.1, 0.15) is 0 Å². The molecule has 0 amide bonds. The molecule has 0 nitrogen and oxygen atoms in total. The van der Waals surface area contributed by atoms with Gasteiger partial charge in [-0.2, -0.15) is 0 Å². The van der Waals surface area contributed by atoms with Gasteiger partial charge in [0.15, 0.2) is 0 Å². The lowest BCUT2D eigenvalue weighted by Gasteiger charge is -2.23. The Morgan fingerprint density at radius 2 is 1.81 bits per heavy atom. The molecule has 1 unspecified atom stereocenters. The highest BCUT2D eigenvalue weighted by atomic mass is 32.2. The van der Waals surface area contributed by atoms with Crippen molar-refractivity contribution in [3.05, 3.63) is 48.0 Å². The summed E-state index contributed by atoms with van der Waals surface area (Å²) in [4.78, 5) is 0. The Kier molecular flexibility index (Phi) is 4.67.